The summed E-state index contributed by atoms with van der Waals surface area (Å²) in [5.41, 5.74) is 3.05. The zero-order valence-corrected chi connectivity index (χ0v) is 28.0. The highest BCUT2D eigenvalue weighted by molar-refractivity contribution is 9.10. The molecule has 0 aliphatic rings. The Morgan fingerprint density at radius 3 is 1.32 bits per heavy atom. The van der Waals surface area contributed by atoms with Crippen LogP contribution in [-0.4, -0.2) is 26.4 Å². The molecule has 0 radical (unpaired) electrons. The summed E-state index contributed by atoms with van der Waals surface area (Å²) in [6.07, 6.45) is 8.53. The highest BCUT2D eigenvalue weighted by Gasteiger charge is 2.14. The number of benzene rings is 2. The molecule has 0 aliphatic heterocycles. The molecule has 0 N–H and O–H groups in total. The zero-order valence-electron chi connectivity index (χ0n) is 26.4. The molecule has 0 aromatic heterocycles. The van der Waals surface area contributed by atoms with Crippen LogP contribution in [0.5, 0.6) is 23.0 Å². The number of rotatable bonds is 18. The van der Waals surface area contributed by atoms with Gasteiger partial charge in [-0.2, -0.15) is 0 Å². The van der Waals surface area contributed by atoms with E-state index in [0.717, 1.165) is 69.8 Å². The number of aryl methyl sites for hydroxylation is 1. The van der Waals surface area contributed by atoms with E-state index in [1.807, 2.05) is 6.07 Å². The van der Waals surface area contributed by atoms with Crippen molar-refractivity contribution < 1.29 is 18.9 Å². The Hall–Kier alpha value is -2.14. The van der Waals surface area contributed by atoms with Crippen LogP contribution in [0, 0.1) is 30.6 Å². The van der Waals surface area contributed by atoms with Gasteiger partial charge in [-0.1, -0.05) is 93.2 Å². The first-order valence-corrected chi connectivity index (χ1v) is 16.1. The second kappa shape index (κ2) is 17.6. The van der Waals surface area contributed by atoms with Crippen LogP contribution in [0.4, 0.5) is 0 Å². The van der Waals surface area contributed by atoms with Crippen LogP contribution < -0.4 is 18.9 Å². The molecule has 2 aromatic carbocycles. The lowest BCUT2D eigenvalue weighted by atomic mass is 10.1. The molecular formula is C35H53BrO4. The number of hydrogen-bond donors (Lipinski definition) is 0. The van der Waals surface area contributed by atoms with E-state index in [4.69, 9.17) is 18.9 Å². The lowest BCUT2D eigenvalue weighted by Crippen LogP contribution is -2.10. The van der Waals surface area contributed by atoms with Gasteiger partial charge in [-0.15, -0.1) is 0 Å². The van der Waals surface area contributed by atoms with Gasteiger partial charge in [0.2, 0.25) is 0 Å². The van der Waals surface area contributed by atoms with Gasteiger partial charge < -0.3 is 18.9 Å². The lowest BCUT2D eigenvalue weighted by Gasteiger charge is -2.18. The number of hydrogen-bond acceptors (Lipinski definition) is 4. The topological polar surface area (TPSA) is 36.9 Å². The van der Waals surface area contributed by atoms with Crippen molar-refractivity contribution in [3.05, 3.63) is 45.4 Å². The summed E-state index contributed by atoms with van der Waals surface area (Å²) >= 11 is 3.71. The van der Waals surface area contributed by atoms with Crippen molar-refractivity contribution in [1.29, 1.82) is 0 Å². The van der Waals surface area contributed by atoms with Crippen molar-refractivity contribution in [2.45, 2.75) is 88.0 Å². The Labute approximate surface area is 253 Å². The average molecular weight is 618 g/mol. The minimum absolute atomic E-state index is 0.472. The molecule has 5 heteroatoms. The largest absolute Gasteiger partial charge is 0.493 e. The summed E-state index contributed by atoms with van der Waals surface area (Å²) in [7, 11) is 0. The molecule has 4 nitrogen and oxygen atoms in total. The molecule has 0 fully saturated rings. The van der Waals surface area contributed by atoms with Crippen LogP contribution in [0.1, 0.15) is 97.8 Å². The molecule has 0 bridgehead atoms. The third-order valence-electron chi connectivity index (χ3n) is 7.70. The monoisotopic (exact) mass is 616 g/mol. The molecule has 0 spiro atoms. The van der Waals surface area contributed by atoms with Gasteiger partial charge in [-0.3, -0.25) is 0 Å². The molecule has 0 aliphatic carbocycles. The molecule has 40 heavy (non-hydrogen) atoms. The maximum Gasteiger partial charge on any atom is 0.134 e. The fourth-order valence-corrected chi connectivity index (χ4v) is 4.02. The van der Waals surface area contributed by atoms with Crippen molar-refractivity contribution in [3.63, 3.8) is 0 Å². The SMILES string of the molecule is CCC(C)COc1cc(/C=C/c2cc(OCC(C)CC)c(Br)cc2OCC(C)CC)c(OCC(C)CC)cc1C. The Morgan fingerprint density at radius 1 is 0.550 bits per heavy atom. The fourth-order valence-electron chi connectivity index (χ4n) is 3.58. The summed E-state index contributed by atoms with van der Waals surface area (Å²) in [5.74, 6) is 5.37. The Balaban J connectivity index is 2.49. The molecule has 0 saturated carbocycles. The van der Waals surface area contributed by atoms with Crippen LogP contribution >= 0.6 is 15.9 Å². The number of ether oxygens (including phenoxy) is 4. The van der Waals surface area contributed by atoms with Gasteiger partial charge in [0.25, 0.3) is 0 Å². The third kappa shape index (κ3) is 11.0. The van der Waals surface area contributed by atoms with E-state index in [-0.39, 0.29) is 0 Å². The Bertz CT molecular complexity index is 980. The molecule has 4 atom stereocenters. The van der Waals surface area contributed by atoms with Crippen molar-refractivity contribution in [3.8, 4) is 23.0 Å². The van der Waals surface area contributed by atoms with Gasteiger partial charge in [0, 0.05) is 11.1 Å². The first-order chi connectivity index (χ1) is 19.1. The van der Waals surface area contributed by atoms with Gasteiger partial charge in [0.05, 0.1) is 30.9 Å². The lowest BCUT2D eigenvalue weighted by molar-refractivity contribution is 0.248. The standard InChI is InChI=1S/C35H53BrO4/c1-10-24(5)20-37-32-17-29(33(16-28(32)9)38-21-25(6)11-2)14-15-30-18-35(40-23-27(8)13-4)31(36)19-34(30)39-22-26(7)12-3/h14-19,24-27H,10-13,20-23H2,1-9H3/b15-14+. The molecule has 224 valence electrons. The molecule has 0 amide bonds. The van der Waals surface area contributed by atoms with Gasteiger partial charge >= 0.3 is 0 Å². The minimum atomic E-state index is 0.472. The molecule has 0 saturated heterocycles. The predicted molar refractivity (Wildman–Crippen MR) is 174 cm³/mol. The van der Waals surface area contributed by atoms with Crippen LogP contribution in [0.25, 0.3) is 12.2 Å². The molecule has 4 unspecified atom stereocenters. The van der Waals surface area contributed by atoms with Crippen molar-refractivity contribution in [1.82, 2.24) is 0 Å². The van der Waals surface area contributed by atoms with E-state index in [0.29, 0.717) is 50.1 Å². The first kappa shape index (κ1) is 34.1. The van der Waals surface area contributed by atoms with Gasteiger partial charge in [0.1, 0.15) is 23.0 Å². The zero-order chi connectivity index (χ0) is 29.7. The van der Waals surface area contributed by atoms with Crippen molar-refractivity contribution >= 4 is 28.1 Å². The molecule has 2 aromatic rings. The van der Waals surface area contributed by atoms with E-state index in [1.165, 1.54) is 0 Å². The maximum atomic E-state index is 6.33. The summed E-state index contributed by atoms with van der Waals surface area (Å²) in [6, 6.07) is 8.32. The predicted octanol–water partition coefficient (Wildman–Crippen LogP) is 10.6. The fraction of sp³-hybridized carbons (Fsp3) is 0.600. The average Bonchev–Trinajstić information content (AvgIpc) is 2.96. The van der Waals surface area contributed by atoms with Gasteiger partial charge in [-0.25, -0.2) is 0 Å². The van der Waals surface area contributed by atoms with E-state index < -0.39 is 0 Å². The Kier molecular flexibility index (Phi) is 15.0. The highest BCUT2D eigenvalue weighted by atomic mass is 79.9. The number of halogens is 1. The van der Waals surface area contributed by atoms with Gasteiger partial charge in [0.15, 0.2) is 0 Å². The highest BCUT2D eigenvalue weighted by Crippen LogP contribution is 2.36. The summed E-state index contributed by atoms with van der Waals surface area (Å²) in [5, 5.41) is 0. The quantitative estimate of drug-likeness (QED) is 0.156. The maximum absolute atomic E-state index is 6.33. The van der Waals surface area contributed by atoms with Crippen LogP contribution in [0.3, 0.4) is 0 Å². The van der Waals surface area contributed by atoms with E-state index in [1.54, 1.807) is 0 Å². The van der Waals surface area contributed by atoms with Crippen LogP contribution in [0.15, 0.2) is 28.7 Å². The van der Waals surface area contributed by atoms with E-state index in [9.17, 15) is 0 Å². The van der Waals surface area contributed by atoms with Crippen molar-refractivity contribution in [2.24, 2.45) is 23.7 Å². The third-order valence-corrected chi connectivity index (χ3v) is 8.31. The normalized spacial score (nSPS) is 14.6. The second-order valence-corrected chi connectivity index (χ2v) is 12.5. The summed E-state index contributed by atoms with van der Waals surface area (Å²) in [6.45, 7) is 22.4. The Morgan fingerprint density at radius 2 is 0.900 bits per heavy atom. The molecule has 2 rings (SSSR count). The minimum Gasteiger partial charge on any atom is -0.493 e. The second-order valence-electron chi connectivity index (χ2n) is 11.6. The van der Waals surface area contributed by atoms with E-state index in [2.05, 4.69) is 109 Å². The smallest absolute Gasteiger partial charge is 0.134 e. The van der Waals surface area contributed by atoms with E-state index >= 15 is 0 Å². The summed E-state index contributed by atoms with van der Waals surface area (Å²) < 4.78 is 26.0. The molecule has 0 heterocycles. The van der Waals surface area contributed by atoms with Crippen LogP contribution in [-0.2, 0) is 0 Å². The first-order valence-electron chi connectivity index (χ1n) is 15.3. The molecular weight excluding hydrogens is 564 g/mol. The van der Waals surface area contributed by atoms with Crippen molar-refractivity contribution in [2.75, 3.05) is 26.4 Å². The van der Waals surface area contributed by atoms with Crippen LogP contribution in [0.2, 0.25) is 0 Å². The van der Waals surface area contributed by atoms with Gasteiger partial charge in [-0.05, 0) is 76.4 Å². The summed E-state index contributed by atoms with van der Waals surface area (Å²) in [4.78, 5) is 0.